The second-order valence-electron chi connectivity index (χ2n) is 6.97. The molecular formula is C23H23ClN2O3. The van der Waals surface area contributed by atoms with E-state index in [1.165, 1.54) is 0 Å². The van der Waals surface area contributed by atoms with Crippen molar-refractivity contribution in [3.8, 4) is 22.7 Å². The molecule has 5 nitrogen and oxygen atoms in total. The van der Waals surface area contributed by atoms with Crippen molar-refractivity contribution in [1.82, 2.24) is 9.47 Å². The first-order valence-electron chi connectivity index (χ1n) is 9.58. The lowest BCUT2D eigenvalue weighted by Crippen LogP contribution is -2.40. The Bertz CT molecular complexity index is 1000. The summed E-state index contributed by atoms with van der Waals surface area (Å²) in [5.41, 5.74) is 4.51. The van der Waals surface area contributed by atoms with Crippen LogP contribution in [-0.2, 0) is 4.74 Å². The fraction of sp³-hybridized carbons (Fsp3) is 0.261. The van der Waals surface area contributed by atoms with Crippen molar-refractivity contribution in [1.29, 1.82) is 0 Å². The Kier molecular flexibility index (Phi) is 5.60. The molecule has 0 radical (unpaired) electrons. The topological polar surface area (TPSA) is 43.7 Å². The smallest absolute Gasteiger partial charge is 0.255 e. The molecule has 0 N–H and O–H groups in total. The second-order valence-corrected chi connectivity index (χ2v) is 7.41. The normalized spacial score (nSPS) is 14.1. The number of carbonyl (C=O) groups is 1. The highest BCUT2D eigenvalue weighted by Gasteiger charge is 2.25. The molecule has 6 heteroatoms. The summed E-state index contributed by atoms with van der Waals surface area (Å²) in [5.74, 6) is 0.824. The standard InChI is InChI=1S/C23H23ClN2O3/c1-16-21(23(27)25-11-13-29-14-12-25)15-22(17-3-5-18(24)6-4-17)26(16)19-7-9-20(28-2)10-8-19/h3-10,15H,11-14H2,1-2H3. The predicted octanol–water partition coefficient (Wildman–Crippen LogP) is 4.59. The maximum absolute atomic E-state index is 13.2. The monoisotopic (exact) mass is 410 g/mol. The third-order valence-electron chi connectivity index (χ3n) is 5.25. The van der Waals surface area contributed by atoms with Gasteiger partial charge in [0.25, 0.3) is 5.91 Å². The van der Waals surface area contributed by atoms with Crippen molar-refractivity contribution >= 4 is 17.5 Å². The van der Waals surface area contributed by atoms with Crippen LogP contribution in [0.2, 0.25) is 5.02 Å². The number of benzene rings is 2. The zero-order valence-electron chi connectivity index (χ0n) is 16.5. The van der Waals surface area contributed by atoms with Gasteiger partial charge in [-0.15, -0.1) is 0 Å². The minimum absolute atomic E-state index is 0.0354. The lowest BCUT2D eigenvalue weighted by molar-refractivity contribution is 0.0302. The van der Waals surface area contributed by atoms with Gasteiger partial charge in [0, 0.05) is 29.5 Å². The Labute approximate surface area is 175 Å². The van der Waals surface area contributed by atoms with Crippen molar-refractivity contribution in [3.63, 3.8) is 0 Å². The number of halogens is 1. The average molecular weight is 411 g/mol. The first-order valence-corrected chi connectivity index (χ1v) is 9.96. The van der Waals surface area contributed by atoms with Crippen LogP contribution in [0.15, 0.2) is 54.6 Å². The summed E-state index contributed by atoms with van der Waals surface area (Å²) >= 11 is 6.08. The van der Waals surface area contributed by atoms with E-state index in [2.05, 4.69) is 4.57 Å². The van der Waals surface area contributed by atoms with Crippen LogP contribution in [0.25, 0.3) is 16.9 Å². The van der Waals surface area contributed by atoms with Gasteiger partial charge in [0.1, 0.15) is 5.75 Å². The van der Waals surface area contributed by atoms with Crippen molar-refractivity contribution in [2.45, 2.75) is 6.92 Å². The maximum atomic E-state index is 13.2. The van der Waals surface area contributed by atoms with Crippen LogP contribution >= 0.6 is 11.6 Å². The summed E-state index contributed by atoms with van der Waals surface area (Å²) in [7, 11) is 1.65. The van der Waals surface area contributed by atoms with Crippen molar-refractivity contribution in [2.24, 2.45) is 0 Å². The predicted molar refractivity (Wildman–Crippen MR) is 114 cm³/mol. The number of morpholine rings is 1. The third kappa shape index (κ3) is 3.88. The Balaban J connectivity index is 1.83. The number of hydrogen-bond acceptors (Lipinski definition) is 3. The van der Waals surface area contributed by atoms with E-state index in [1.807, 2.05) is 66.4 Å². The molecule has 4 rings (SSSR count). The first-order chi connectivity index (χ1) is 14.1. The summed E-state index contributed by atoms with van der Waals surface area (Å²) in [6.07, 6.45) is 0. The molecule has 2 heterocycles. The van der Waals surface area contributed by atoms with Gasteiger partial charge in [-0.1, -0.05) is 23.7 Å². The van der Waals surface area contributed by atoms with Crippen molar-refractivity contribution in [2.75, 3.05) is 33.4 Å². The van der Waals surface area contributed by atoms with Crippen molar-refractivity contribution < 1.29 is 14.3 Å². The fourth-order valence-corrected chi connectivity index (χ4v) is 3.78. The quantitative estimate of drug-likeness (QED) is 0.632. The minimum Gasteiger partial charge on any atom is -0.497 e. The molecule has 3 aromatic rings. The Morgan fingerprint density at radius 2 is 1.69 bits per heavy atom. The number of rotatable bonds is 4. The molecule has 1 aromatic heterocycles. The van der Waals surface area contributed by atoms with E-state index in [4.69, 9.17) is 21.1 Å². The SMILES string of the molecule is COc1ccc(-n2c(-c3ccc(Cl)cc3)cc(C(=O)N3CCOCC3)c2C)cc1. The van der Waals surface area contributed by atoms with Gasteiger partial charge < -0.3 is 18.9 Å². The van der Waals surface area contributed by atoms with Gasteiger partial charge in [-0.05, 0) is 55.0 Å². The molecule has 150 valence electrons. The molecule has 1 saturated heterocycles. The van der Waals surface area contributed by atoms with E-state index < -0.39 is 0 Å². The lowest BCUT2D eigenvalue weighted by Gasteiger charge is -2.26. The summed E-state index contributed by atoms with van der Waals surface area (Å²) in [6, 6.07) is 17.5. The van der Waals surface area contributed by atoms with Gasteiger partial charge in [-0.25, -0.2) is 0 Å². The molecule has 1 aliphatic rings. The number of carbonyl (C=O) groups excluding carboxylic acids is 1. The van der Waals surface area contributed by atoms with E-state index in [1.54, 1.807) is 7.11 Å². The summed E-state index contributed by atoms with van der Waals surface area (Å²) in [6.45, 7) is 4.36. The zero-order chi connectivity index (χ0) is 20.4. The van der Waals surface area contributed by atoms with Gasteiger partial charge in [0.05, 0.1) is 31.6 Å². The van der Waals surface area contributed by atoms with Crippen LogP contribution in [0, 0.1) is 6.92 Å². The van der Waals surface area contributed by atoms with Crippen molar-refractivity contribution in [3.05, 3.63) is 70.9 Å². The van der Waals surface area contributed by atoms with Gasteiger partial charge in [-0.3, -0.25) is 4.79 Å². The highest BCUT2D eigenvalue weighted by atomic mass is 35.5. The molecule has 29 heavy (non-hydrogen) atoms. The second kappa shape index (κ2) is 8.31. The van der Waals surface area contributed by atoms with Gasteiger partial charge in [0.15, 0.2) is 0 Å². The minimum atomic E-state index is 0.0354. The molecule has 1 aliphatic heterocycles. The van der Waals surface area contributed by atoms with Crippen LogP contribution in [0.4, 0.5) is 0 Å². The molecule has 0 aliphatic carbocycles. The van der Waals surface area contributed by atoms with Crippen LogP contribution < -0.4 is 4.74 Å². The molecule has 1 amide bonds. The average Bonchev–Trinajstić information content (AvgIpc) is 3.11. The molecular weight excluding hydrogens is 388 g/mol. The lowest BCUT2D eigenvalue weighted by atomic mass is 10.1. The number of hydrogen-bond donors (Lipinski definition) is 0. The van der Waals surface area contributed by atoms with E-state index in [-0.39, 0.29) is 5.91 Å². The highest BCUT2D eigenvalue weighted by Crippen LogP contribution is 2.31. The zero-order valence-corrected chi connectivity index (χ0v) is 17.3. The molecule has 2 aromatic carbocycles. The molecule has 0 saturated carbocycles. The Hall–Kier alpha value is -2.76. The molecule has 0 bridgehead atoms. The van der Waals surface area contributed by atoms with Crippen LogP contribution in [-0.4, -0.2) is 48.8 Å². The number of ether oxygens (including phenoxy) is 2. The first kappa shape index (κ1) is 19.6. The van der Waals surface area contributed by atoms with E-state index in [0.29, 0.717) is 36.9 Å². The number of amides is 1. The van der Waals surface area contributed by atoms with Crippen LogP contribution in [0.5, 0.6) is 5.75 Å². The van der Waals surface area contributed by atoms with Gasteiger partial charge >= 0.3 is 0 Å². The van der Waals surface area contributed by atoms with Gasteiger partial charge in [-0.2, -0.15) is 0 Å². The summed E-state index contributed by atoms with van der Waals surface area (Å²) in [5, 5.41) is 0.678. The summed E-state index contributed by atoms with van der Waals surface area (Å²) in [4.78, 5) is 15.1. The number of methoxy groups -OCH3 is 1. The highest BCUT2D eigenvalue weighted by molar-refractivity contribution is 6.30. The molecule has 0 unspecified atom stereocenters. The Morgan fingerprint density at radius 3 is 2.31 bits per heavy atom. The molecule has 0 spiro atoms. The number of aromatic nitrogens is 1. The van der Waals surface area contributed by atoms with E-state index >= 15 is 0 Å². The van der Waals surface area contributed by atoms with Gasteiger partial charge in [0.2, 0.25) is 0 Å². The Morgan fingerprint density at radius 1 is 1.03 bits per heavy atom. The molecule has 1 fully saturated rings. The maximum Gasteiger partial charge on any atom is 0.255 e. The van der Waals surface area contributed by atoms with Crippen LogP contribution in [0.3, 0.4) is 0 Å². The van der Waals surface area contributed by atoms with E-state index in [9.17, 15) is 4.79 Å². The summed E-state index contributed by atoms with van der Waals surface area (Å²) < 4.78 is 12.8. The molecule has 0 atom stereocenters. The third-order valence-corrected chi connectivity index (χ3v) is 5.50. The number of nitrogens with zero attached hydrogens (tertiary/aromatic N) is 2. The fourth-order valence-electron chi connectivity index (χ4n) is 3.66. The van der Waals surface area contributed by atoms with Crippen LogP contribution in [0.1, 0.15) is 16.1 Å². The largest absolute Gasteiger partial charge is 0.497 e. The van der Waals surface area contributed by atoms with E-state index in [0.717, 1.165) is 28.4 Å².